The van der Waals surface area contributed by atoms with Crippen molar-refractivity contribution in [2.45, 2.75) is 39.3 Å². The Morgan fingerprint density at radius 2 is 2.19 bits per heavy atom. The predicted molar refractivity (Wildman–Crippen MR) is 91.2 cm³/mol. The van der Waals surface area contributed by atoms with Crippen molar-refractivity contribution in [3.05, 3.63) is 45.3 Å². The second-order valence-electron chi connectivity index (χ2n) is 5.31. The summed E-state index contributed by atoms with van der Waals surface area (Å²) in [6, 6.07) is 6.34. The van der Waals surface area contributed by atoms with Crippen molar-refractivity contribution in [2.24, 2.45) is 0 Å². The molecule has 4 nitrogen and oxygen atoms in total. The molecule has 1 amide bonds. The number of amides is 1. The average molecular weight is 395 g/mol. The Balaban J connectivity index is 1.93. The molecular weight excluding hydrogens is 377 g/mol. The largest absolute Gasteiger partial charge is 0.308 e. The number of carbonyl (C=O) groups excluding carboxylic acids is 1. The SMILES string of the molecule is CCn1cc(CN2C(=O)CCCc3cc(I)ccc32)cn1. The van der Waals surface area contributed by atoms with Crippen LogP contribution < -0.4 is 4.90 Å². The Bertz CT molecular complexity index is 665. The van der Waals surface area contributed by atoms with Crippen LogP contribution in [0, 0.1) is 3.57 Å². The lowest BCUT2D eigenvalue weighted by atomic mass is 10.1. The second-order valence-corrected chi connectivity index (χ2v) is 6.56. The van der Waals surface area contributed by atoms with E-state index in [1.54, 1.807) is 0 Å². The van der Waals surface area contributed by atoms with Gasteiger partial charge in [-0.25, -0.2) is 0 Å². The fourth-order valence-electron chi connectivity index (χ4n) is 2.73. The first-order valence-electron chi connectivity index (χ1n) is 7.27. The maximum absolute atomic E-state index is 12.4. The number of hydrogen-bond donors (Lipinski definition) is 0. The Hall–Kier alpha value is -1.37. The fourth-order valence-corrected chi connectivity index (χ4v) is 3.29. The molecule has 3 rings (SSSR count). The van der Waals surface area contributed by atoms with E-state index in [0.29, 0.717) is 13.0 Å². The number of halogens is 1. The molecule has 0 saturated heterocycles. The molecule has 1 aliphatic heterocycles. The summed E-state index contributed by atoms with van der Waals surface area (Å²) in [6.07, 6.45) is 6.39. The average Bonchev–Trinajstić information content (AvgIpc) is 2.87. The van der Waals surface area contributed by atoms with Crippen LogP contribution in [0.5, 0.6) is 0 Å². The molecule has 5 heteroatoms. The Morgan fingerprint density at radius 3 is 2.95 bits per heavy atom. The summed E-state index contributed by atoms with van der Waals surface area (Å²) >= 11 is 2.33. The third-order valence-corrected chi connectivity index (χ3v) is 4.49. The molecule has 110 valence electrons. The quantitative estimate of drug-likeness (QED) is 0.748. The van der Waals surface area contributed by atoms with Gasteiger partial charge < -0.3 is 4.90 Å². The van der Waals surface area contributed by atoms with E-state index in [1.165, 1.54) is 9.13 Å². The molecule has 0 bridgehead atoms. The van der Waals surface area contributed by atoms with Gasteiger partial charge in [0.1, 0.15) is 0 Å². The van der Waals surface area contributed by atoms with Gasteiger partial charge in [-0.1, -0.05) is 0 Å². The zero-order valence-corrected chi connectivity index (χ0v) is 14.2. The lowest BCUT2D eigenvalue weighted by Gasteiger charge is -2.22. The van der Waals surface area contributed by atoms with Gasteiger partial charge in [0.15, 0.2) is 0 Å². The summed E-state index contributed by atoms with van der Waals surface area (Å²) in [5.41, 5.74) is 3.41. The van der Waals surface area contributed by atoms with Crippen LogP contribution in [0.1, 0.15) is 30.9 Å². The summed E-state index contributed by atoms with van der Waals surface area (Å²) in [7, 11) is 0. The van der Waals surface area contributed by atoms with Gasteiger partial charge in [0.05, 0.1) is 12.7 Å². The van der Waals surface area contributed by atoms with Crippen molar-refractivity contribution in [1.82, 2.24) is 9.78 Å². The zero-order chi connectivity index (χ0) is 14.8. The van der Waals surface area contributed by atoms with Crippen molar-refractivity contribution in [3.8, 4) is 0 Å². The number of hydrogen-bond acceptors (Lipinski definition) is 2. The van der Waals surface area contributed by atoms with Gasteiger partial charge in [0.2, 0.25) is 5.91 Å². The number of nitrogens with zero attached hydrogens (tertiary/aromatic N) is 3. The molecule has 0 spiro atoms. The molecule has 2 heterocycles. The van der Waals surface area contributed by atoms with Crippen LogP contribution >= 0.6 is 22.6 Å². The highest BCUT2D eigenvalue weighted by atomic mass is 127. The third kappa shape index (κ3) is 3.12. The minimum absolute atomic E-state index is 0.208. The van der Waals surface area contributed by atoms with Gasteiger partial charge in [0, 0.05) is 34.0 Å². The summed E-state index contributed by atoms with van der Waals surface area (Å²) in [5.74, 6) is 0.208. The highest BCUT2D eigenvalue weighted by Crippen LogP contribution is 2.29. The summed E-state index contributed by atoms with van der Waals surface area (Å²) < 4.78 is 3.12. The zero-order valence-electron chi connectivity index (χ0n) is 12.1. The van der Waals surface area contributed by atoms with Crippen molar-refractivity contribution in [3.63, 3.8) is 0 Å². The summed E-state index contributed by atoms with van der Waals surface area (Å²) in [6.45, 7) is 3.51. The van der Waals surface area contributed by atoms with E-state index < -0.39 is 0 Å². The lowest BCUT2D eigenvalue weighted by molar-refractivity contribution is -0.118. The first-order chi connectivity index (χ1) is 10.2. The summed E-state index contributed by atoms with van der Waals surface area (Å²) in [5, 5.41) is 4.30. The highest BCUT2D eigenvalue weighted by molar-refractivity contribution is 14.1. The number of anilines is 1. The second kappa shape index (κ2) is 6.17. The molecule has 0 aliphatic carbocycles. The van der Waals surface area contributed by atoms with Gasteiger partial charge in [-0.05, 0) is 66.1 Å². The van der Waals surface area contributed by atoms with Crippen molar-refractivity contribution >= 4 is 34.2 Å². The molecule has 1 aromatic heterocycles. The van der Waals surface area contributed by atoms with E-state index in [9.17, 15) is 4.79 Å². The monoisotopic (exact) mass is 395 g/mol. The van der Waals surface area contributed by atoms with Crippen LogP contribution in [0.15, 0.2) is 30.6 Å². The highest BCUT2D eigenvalue weighted by Gasteiger charge is 2.22. The van der Waals surface area contributed by atoms with Crippen LogP contribution in [0.2, 0.25) is 0 Å². The van der Waals surface area contributed by atoms with Crippen LogP contribution in [0.3, 0.4) is 0 Å². The summed E-state index contributed by atoms with van der Waals surface area (Å²) in [4.78, 5) is 14.4. The van der Waals surface area contributed by atoms with E-state index in [0.717, 1.165) is 30.6 Å². The van der Waals surface area contributed by atoms with Gasteiger partial charge in [-0.2, -0.15) is 5.10 Å². The smallest absolute Gasteiger partial charge is 0.227 e. The number of fused-ring (bicyclic) bond motifs is 1. The fraction of sp³-hybridized carbons (Fsp3) is 0.375. The Labute approximate surface area is 138 Å². The van der Waals surface area contributed by atoms with Crippen LogP contribution in [0.25, 0.3) is 0 Å². The topological polar surface area (TPSA) is 38.1 Å². The van der Waals surface area contributed by atoms with E-state index in [2.05, 4.69) is 52.8 Å². The molecule has 2 aromatic rings. The van der Waals surface area contributed by atoms with Crippen LogP contribution in [0.4, 0.5) is 5.69 Å². The molecular formula is C16H18IN3O. The maximum atomic E-state index is 12.4. The first kappa shape index (κ1) is 14.6. The van der Waals surface area contributed by atoms with E-state index in [1.807, 2.05) is 22.0 Å². The van der Waals surface area contributed by atoms with Crippen LogP contribution in [-0.4, -0.2) is 15.7 Å². The number of aryl methyl sites for hydroxylation is 2. The van der Waals surface area contributed by atoms with Gasteiger partial charge in [-0.15, -0.1) is 0 Å². The molecule has 0 saturated carbocycles. The molecule has 1 aliphatic rings. The standard InChI is InChI=1S/C16H18IN3O/c1-2-19-10-12(9-18-19)11-20-15-7-6-14(17)8-13(15)4-3-5-16(20)21/h6-10H,2-5,11H2,1H3. The van der Waals surface area contributed by atoms with Gasteiger partial charge in [-0.3, -0.25) is 9.48 Å². The Morgan fingerprint density at radius 1 is 1.33 bits per heavy atom. The molecule has 0 radical (unpaired) electrons. The lowest BCUT2D eigenvalue weighted by Crippen LogP contribution is -2.29. The molecule has 0 atom stereocenters. The van der Waals surface area contributed by atoms with Crippen molar-refractivity contribution in [1.29, 1.82) is 0 Å². The minimum Gasteiger partial charge on any atom is -0.308 e. The van der Waals surface area contributed by atoms with E-state index >= 15 is 0 Å². The van der Waals surface area contributed by atoms with E-state index in [4.69, 9.17) is 0 Å². The molecule has 21 heavy (non-hydrogen) atoms. The van der Waals surface area contributed by atoms with Crippen LogP contribution in [-0.2, 0) is 24.3 Å². The van der Waals surface area contributed by atoms with E-state index in [-0.39, 0.29) is 5.91 Å². The predicted octanol–water partition coefficient (Wildman–Crippen LogP) is 3.38. The van der Waals surface area contributed by atoms with Crippen molar-refractivity contribution < 1.29 is 4.79 Å². The number of carbonyl (C=O) groups is 1. The molecule has 0 fully saturated rings. The molecule has 0 N–H and O–H groups in total. The molecule has 1 aromatic carbocycles. The maximum Gasteiger partial charge on any atom is 0.227 e. The molecule has 0 unspecified atom stereocenters. The minimum atomic E-state index is 0.208. The number of benzene rings is 1. The number of aromatic nitrogens is 2. The van der Waals surface area contributed by atoms with Crippen molar-refractivity contribution in [2.75, 3.05) is 4.90 Å². The Kier molecular flexibility index (Phi) is 4.28. The normalized spacial score (nSPS) is 15.0. The van der Waals surface area contributed by atoms with Gasteiger partial charge in [0.25, 0.3) is 0 Å². The first-order valence-corrected chi connectivity index (χ1v) is 8.35. The number of rotatable bonds is 3. The van der Waals surface area contributed by atoms with Gasteiger partial charge >= 0.3 is 0 Å². The third-order valence-electron chi connectivity index (χ3n) is 3.82.